The average molecular weight is 374 g/mol. The van der Waals surface area contributed by atoms with Gasteiger partial charge in [-0.25, -0.2) is 4.98 Å². The van der Waals surface area contributed by atoms with E-state index in [1.807, 2.05) is 38.1 Å². The molecule has 6 heteroatoms. The Kier molecular flexibility index (Phi) is 6.25. The maximum absolute atomic E-state index is 12.6. The predicted molar refractivity (Wildman–Crippen MR) is 105 cm³/mol. The molecule has 3 rings (SSSR count). The molecule has 140 valence electrons. The average Bonchev–Trinajstić information content (AvgIpc) is 3.07. The zero-order valence-electron chi connectivity index (χ0n) is 15.5. The molecule has 2 amide bonds. The SMILES string of the molecule is CC(C)C(NC(=O)C1CCCCC1)C(=O)NCc1nc2ccccc2s1. The van der Waals surface area contributed by atoms with Crippen molar-refractivity contribution in [3.8, 4) is 0 Å². The molecule has 0 bridgehead atoms. The van der Waals surface area contributed by atoms with Crippen LogP contribution in [0.1, 0.15) is 51.0 Å². The number of hydrogen-bond donors (Lipinski definition) is 2. The van der Waals surface area contributed by atoms with E-state index in [0.29, 0.717) is 6.54 Å². The minimum Gasteiger partial charge on any atom is -0.348 e. The molecule has 1 heterocycles. The summed E-state index contributed by atoms with van der Waals surface area (Å²) in [6.07, 6.45) is 5.29. The van der Waals surface area contributed by atoms with Crippen LogP contribution in [0.15, 0.2) is 24.3 Å². The fourth-order valence-electron chi connectivity index (χ4n) is 3.44. The summed E-state index contributed by atoms with van der Waals surface area (Å²) in [6, 6.07) is 7.44. The maximum atomic E-state index is 12.6. The van der Waals surface area contributed by atoms with E-state index in [9.17, 15) is 9.59 Å². The molecule has 5 nitrogen and oxygen atoms in total. The van der Waals surface area contributed by atoms with Crippen molar-refractivity contribution < 1.29 is 9.59 Å². The monoisotopic (exact) mass is 373 g/mol. The van der Waals surface area contributed by atoms with Gasteiger partial charge < -0.3 is 10.6 Å². The first kappa shape index (κ1) is 18.8. The topological polar surface area (TPSA) is 71.1 Å². The lowest BCUT2D eigenvalue weighted by Gasteiger charge is -2.26. The highest BCUT2D eigenvalue weighted by molar-refractivity contribution is 7.18. The van der Waals surface area contributed by atoms with Crippen LogP contribution in [0.3, 0.4) is 0 Å². The summed E-state index contributed by atoms with van der Waals surface area (Å²) in [7, 11) is 0. The molecule has 1 aliphatic carbocycles. The first-order chi connectivity index (χ1) is 12.5. The minimum absolute atomic E-state index is 0.0264. The third kappa shape index (κ3) is 4.61. The van der Waals surface area contributed by atoms with Gasteiger partial charge in [0, 0.05) is 5.92 Å². The molecule has 1 fully saturated rings. The number of carbonyl (C=O) groups excluding carboxylic acids is 2. The van der Waals surface area contributed by atoms with Crippen molar-refractivity contribution in [1.29, 1.82) is 0 Å². The van der Waals surface area contributed by atoms with E-state index in [4.69, 9.17) is 0 Å². The molecule has 1 aromatic heterocycles. The largest absolute Gasteiger partial charge is 0.348 e. The number of thiazole rings is 1. The van der Waals surface area contributed by atoms with Gasteiger partial charge in [0.05, 0.1) is 16.8 Å². The molecule has 1 unspecified atom stereocenters. The molecule has 2 N–H and O–H groups in total. The minimum atomic E-state index is -0.501. The first-order valence-electron chi connectivity index (χ1n) is 9.47. The van der Waals surface area contributed by atoms with E-state index in [0.717, 1.165) is 40.9 Å². The standard InChI is InChI=1S/C20H27N3O2S/c1-13(2)18(23-19(24)14-8-4-3-5-9-14)20(25)21-12-17-22-15-10-6-7-11-16(15)26-17/h6-7,10-11,13-14,18H,3-5,8-9,12H2,1-2H3,(H,21,25)(H,23,24). The summed E-state index contributed by atoms with van der Waals surface area (Å²) in [4.78, 5) is 29.7. The van der Waals surface area contributed by atoms with E-state index >= 15 is 0 Å². The van der Waals surface area contributed by atoms with Gasteiger partial charge in [0.1, 0.15) is 11.0 Å². The van der Waals surface area contributed by atoms with Gasteiger partial charge in [-0.1, -0.05) is 45.2 Å². The quantitative estimate of drug-likeness (QED) is 0.812. The Hall–Kier alpha value is -1.95. The Morgan fingerprint density at radius 2 is 1.92 bits per heavy atom. The van der Waals surface area contributed by atoms with Gasteiger partial charge in [-0.3, -0.25) is 9.59 Å². The van der Waals surface area contributed by atoms with E-state index in [1.54, 1.807) is 11.3 Å². The Bertz CT molecular complexity index is 732. The van der Waals surface area contributed by atoms with E-state index < -0.39 is 6.04 Å². The van der Waals surface area contributed by atoms with Crippen LogP contribution >= 0.6 is 11.3 Å². The molecule has 1 atom stereocenters. The lowest BCUT2D eigenvalue weighted by atomic mass is 9.88. The summed E-state index contributed by atoms with van der Waals surface area (Å²) in [5, 5.41) is 6.80. The number of benzene rings is 1. The second-order valence-corrected chi connectivity index (χ2v) is 8.47. The molecule has 0 saturated heterocycles. The third-order valence-electron chi connectivity index (χ3n) is 4.97. The molecule has 26 heavy (non-hydrogen) atoms. The number of fused-ring (bicyclic) bond motifs is 1. The van der Waals surface area contributed by atoms with Gasteiger partial charge in [0.25, 0.3) is 0 Å². The van der Waals surface area contributed by atoms with Gasteiger partial charge in [0.15, 0.2) is 0 Å². The third-order valence-corrected chi connectivity index (χ3v) is 6.01. The molecule has 1 aliphatic rings. The normalized spacial score (nSPS) is 16.6. The van der Waals surface area contributed by atoms with Crippen molar-refractivity contribution in [3.05, 3.63) is 29.3 Å². The lowest BCUT2D eigenvalue weighted by molar-refractivity contribution is -0.132. The van der Waals surface area contributed by atoms with Gasteiger partial charge >= 0.3 is 0 Å². The number of rotatable bonds is 6. The molecule has 2 aromatic rings. The predicted octanol–water partition coefficient (Wildman–Crippen LogP) is 3.63. The number of nitrogens with zero attached hydrogens (tertiary/aromatic N) is 1. The number of aromatic nitrogens is 1. The van der Waals surface area contributed by atoms with Crippen molar-refractivity contribution >= 4 is 33.4 Å². The van der Waals surface area contributed by atoms with Crippen molar-refractivity contribution in [1.82, 2.24) is 15.6 Å². The molecule has 0 radical (unpaired) electrons. The molecule has 0 spiro atoms. The zero-order chi connectivity index (χ0) is 18.5. The van der Waals surface area contributed by atoms with Crippen molar-refractivity contribution in [2.45, 2.75) is 58.5 Å². The van der Waals surface area contributed by atoms with Crippen LogP contribution in [0, 0.1) is 11.8 Å². The lowest BCUT2D eigenvalue weighted by Crippen LogP contribution is -2.51. The Morgan fingerprint density at radius 1 is 1.19 bits per heavy atom. The van der Waals surface area contributed by atoms with Gasteiger partial charge in [-0.2, -0.15) is 0 Å². The van der Waals surface area contributed by atoms with Crippen LogP contribution in [-0.2, 0) is 16.1 Å². The summed E-state index contributed by atoms with van der Waals surface area (Å²) in [6.45, 7) is 4.31. The second-order valence-electron chi connectivity index (χ2n) is 7.36. The summed E-state index contributed by atoms with van der Waals surface area (Å²) in [5.74, 6) is -0.0121. The van der Waals surface area contributed by atoms with Gasteiger partial charge in [-0.05, 0) is 30.9 Å². The number of nitrogens with one attached hydrogen (secondary N) is 2. The van der Waals surface area contributed by atoms with Crippen molar-refractivity contribution in [2.75, 3.05) is 0 Å². The summed E-state index contributed by atoms with van der Waals surface area (Å²) < 4.78 is 1.11. The highest BCUT2D eigenvalue weighted by atomic mass is 32.1. The van der Waals surface area contributed by atoms with Crippen LogP contribution in [0.5, 0.6) is 0 Å². The zero-order valence-corrected chi connectivity index (χ0v) is 16.3. The number of para-hydroxylation sites is 1. The van der Waals surface area contributed by atoms with Crippen LogP contribution in [0.2, 0.25) is 0 Å². The maximum Gasteiger partial charge on any atom is 0.243 e. The number of amides is 2. The van der Waals surface area contributed by atoms with Gasteiger partial charge in [0.2, 0.25) is 11.8 Å². The van der Waals surface area contributed by atoms with E-state index in [-0.39, 0.29) is 23.7 Å². The molecular weight excluding hydrogens is 346 g/mol. The smallest absolute Gasteiger partial charge is 0.243 e. The van der Waals surface area contributed by atoms with Crippen LogP contribution in [0.4, 0.5) is 0 Å². The first-order valence-corrected chi connectivity index (χ1v) is 10.3. The van der Waals surface area contributed by atoms with Crippen LogP contribution in [-0.4, -0.2) is 22.8 Å². The fourth-order valence-corrected chi connectivity index (χ4v) is 4.35. The molecule has 1 aromatic carbocycles. The Labute approximate surface area is 158 Å². The van der Waals surface area contributed by atoms with Crippen LogP contribution in [0.25, 0.3) is 10.2 Å². The summed E-state index contributed by atoms with van der Waals surface area (Å²) >= 11 is 1.58. The number of carbonyl (C=O) groups is 2. The number of hydrogen-bond acceptors (Lipinski definition) is 4. The molecule has 0 aliphatic heterocycles. The van der Waals surface area contributed by atoms with Gasteiger partial charge in [-0.15, -0.1) is 11.3 Å². The summed E-state index contributed by atoms with van der Waals surface area (Å²) in [5.41, 5.74) is 0.952. The van der Waals surface area contributed by atoms with E-state index in [1.165, 1.54) is 6.42 Å². The highest BCUT2D eigenvalue weighted by Crippen LogP contribution is 2.24. The Balaban J connectivity index is 1.58. The molecular formula is C20H27N3O2S. The van der Waals surface area contributed by atoms with Crippen molar-refractivity contribution in [3.63, 3.8) is 0 Å². The van der Waals surface area contributed by atoms with Crippen LogP contribution < -0.4 is 10.6 Å². The fraction of sp³-hybridized carbons (Fsp3) is 0.550. The molecule has 1 saturated carbocycles. The second kappa shape index (κ2) is 8.62. The highest BCUT2D eigenvalue weighted by Gasteiger charge is 2.28. The van der Waals surface area contributed by atoms with E-state index in [2.05, 4.69) is 15.6 Å². The Morgan fingerprint density at radius 3 is 2.62 bits per heavy atom. The van der Waals surface area contributed by atoms with Crippen molar-refractivity contribution in [2.24, 2.45) is 11.8 Å².